The van der Waals surface area contributed by atoms with Gasteiger partial charge >= 0.3 is 0 Å². The number of hydrogen-bond donors (Lipinski definition) is 2. The van der Waals surface area contributed by atoms with Crippen LogP contribution in [0.1, 0.15) is 32.6 Å². The van der Waals surface area contributed by atoms with E-state index in [0.29, 0.717) is 19.2 Å². The highest BCUT2D eigenvalue weighted by Crippen LogP contribution is 2.23. The molecule has 0 aliphatic heterocycles. The maximum Gasteiger partial charge on any atom is 0.119 e. The monoisotopic (exact) mass is 263 g/mol. The van der Waals surface area contributed by atoms with Crippen molar-refractivity contribution in [1.29, 1.82) is 0 Å². The SMILES string of the molecule is CC1CCCCC1NCC(O)COc1ccccc1. The standard InChI is InChI=1S/C16H25NO2/c1-13-7-5-6-10-16(13)17-11-14(18)12-19-15-8-3-2-4-9-15/h2-4,8-9,13-14,16-18H,5-7,10-12H2,1H3. The highest BCUT2D eigenvalue weighted by atomic mass is 16.5. The summed E-state index contributed by atoms with van der Waals surface area (Å²) in [5.74, 6) is 1.53. The largest absolute Gasteiger partial charge is 0.491 e. The van der Waals surface area contributed by atoms with Crippen molar-refractivity contribution in [3.63, 3.8) is 0 Å². The minimum atomic E-state index is -0.450. The molecule has 3 nitrogen and oxygen atoms in total. The molecule has 106 valence electrons. The number of benzene rings is 1. The number of aliphatic hydroxyl groups excluding tert-OH is 1. The molecular weight excluding hydrogens is 238 g/mol. The Morgan fingerprint density at radius 2 is 2.00 bits per heavy atom. The molecule has 1 aliphatic carbocycles. The smallest absolute Gasteiger partial charge is 0.119 e. The maximum atomic E-state index is 9.94. The van der Waals surface area contributed by atoms with Gasteiger partial charge < -0.3 is 15.2 Å². The van der Waals surface area contributed by atoms with Gasteiger partial charge in [-0.05, 0) is 30.9 Å². The summed E-state index contributed by atoms with van der Waals surface area (Å²) >= 11 is 0. The summed E-state index contributed by atoms with van der Waals surface area (Å²) in [5, 5.41) is 13.4. The predicted molar refractivity (Wildman–Crippen MR) is 77.4 cm³/mol. The van der Waals surface area contributed by atoms with Crippen LogP contribution in [0.3, 0.4) is 0 Å². The second kappa shape index (κ2) is 7.51. The molecule has 3 unspecified atom stereocenters. The molecule has 2 rings (SSSR count). The number of aliphatic hydroxyl groups is 1. The van der Waals surface area contributed by atoms with Crippen molar-refractivity contribution in [3.05, 3.63) is 30.3 Å². The molecule has 0 amide bonds. The van der Waals surface area contributed by atoms with Gasteiger partial charge in [0.2, 0.25) is 0 Å². The Hall–Kier alpha value is -1.06. The van der Waals surface area contributed by atoms with E-state index in [1.54, 1.807) is 0 Å². The third-order valence-electron chi connectivity index (χ3n) is 3.91. The van der Waals surface area contributed by atoms with Crippen molar-refractivity contribution in [2.24, 2.45) is 5.92 Å². The van der Waals surface area contributed by atoms with Crippen molar-refractivity contribution < 1.29 is 9.84 Å². The number of ether oxygens (including phenoxy) is 1. The van der Waals surface area contributed by atoms with Crippen molar-refractivity contribution in [2.75, 3.05) is 13.2 Å². The molecular formula is C16H25NO2. The van der Waals surface area contributed by atoms with Gasteiger partial charge in [-0.15, -0.1) is 0 Å². The lowest BCUT2D eigenvalue weighted by Gasteiger charge is -2.30. The zero-order valence-corrected chi connectivity index (χ0v) is 11.7. The average Bonchev–Trinajstić information content (AvgIpc) is 2.45. The molecule has 0 aromatic heterocycles. The number of hydrogen-bond acceptors (Lipinski definition) is 3. The molecule has 1 aromatic carbocycles. The predicted octanol–water partition coefficient (Wildman–Crippen LogP) is 2.59. The third kappa shape index (κ3) is 4.84. The van der Waals surface area contributed by atoms with Crippen LogP contribution >= 0.6 is 0 Å². The van der Waals surface area contributed by atoms with Gasteiger partial charge in [-0.25, -0.2) is 0 Å². The minimum absolute atomic E-state index is 0.345. The molecule has 3 heteroatoms. The summed E-state index contributed by atoms with van der Waals surface area (Å²) in [7, 11) is 0. The first-order valence-corrected chi connectivity index (χ1v) is 7.35. The molecule has 1 saturated carbocycles. The Balaban J connectivity index is 1.65. The lowest BCUT2D eigenvalue weighted by Crippen LogP contribution is -2.42. The zero-order valence-electron chi connectivity index (χ0n) is 11.7. The van der Waals surface area contributed by atoms with Crippen molar-refractivity contribution in [1.82, 2.24) is 5.32 Å². The Morgan fingerprint density at radius 3 is 2.74 bits per heavy atom. The van der Waals surface area contributed by atoms with Gasteiger partial charge in [0.25, 0.3) is 0 Å². The molecule has 1 fully saturated rings. The van der Waals surface area contributed by atoms with Crippen LogP contribution < -0.4 is 10.1 Å². The highest BCUT2D eigenvalue weighted by molar-refractivity contribution is 5.20. The lowest BCUT2D eigenvalue weighted by atomic mass is 9.86. The molecule has 3 atom stereocenters. The normalized spacial score (nSPS) is 24.9. The van der Waals surface area contributed by atoms with E-state index in [2.05, 4.69) is 12.2 Å². The molecule has 1 aromatic rings. The summed E-state index contributed by atoms with van der Waals surface area (Å²) < 4.78 is 5.54. The quantitative estimate of drug-likeness (QED) is 0.829. The van der Waals surface area contributed by atoms with Crippen LogP contribution in [0.5, 0.6) is 5.75 Å². The van der Waals surface area contributed by atoms with Crippen LogP contribution in [-0.4, -0.2) is 30.4 Å². The molecule has 0 heterocycles. The second-order valence-electron chi connectivity index (χ2n) is 5.55. The third-order valence-corrected chi connectivity index (χ3v) is 3.91. The Labute approximate surface area is 116 Å². The van der Waals surface area contributed by atoms with E-state index in [1.165, 1.54) is 25.7 Å². The lowest BCUT2D eigenvalue weighted by molar-refractivity contribution is 0.0985. The van der Waals surface area contributed by atoms with Crippen LogP contribution in [0.15, 0.2) is 30.3 Å². The van der Waals surface area contributed by atoms with E-state index in [0.717, 1.165) is 11.7 Å². The summed E-state index contributed by atoms with van der Waals surface area (Å²) in [5.41, 5.74) is 0. The van der Waals surface area contributed by atoms with Gasteiger partial charge in [0, 0.05) is 12.6 Å². The van der Waals surface area contributed by atoms with Crippen LogP contribution in [0.25, 0.3) is 0 Å². The van der Waals surface area contributed by atoms with Crippen LogP contribution in [0.4, 0.5) is 0 Å². The first kappa shape index (κ1) is 14.4. The Morgan fingerprint density at radius 1 is 1.26 bits per heavy atom. The van der Waals surface area contributed by atoms with Gasteiger partial charge in [-0.2, -0.15) is 0 Å². The summed E-state index contributed by atoms with van der Waals surface area (Å²) in [4.78, 5) is 0. The fourth-order valence-electron chi connectivity index (χ4n) is 2.67. The molecule has 2 N–H and O–H groups in total. The fourth-order valence-corrected chi connectivity index (χ4v) is 2.67. The van der Waals surface area contributed by atoms with Gasteiger partial charge in [0.05, 0.1) is 0 Å². The molecule has 0 radical (unpaired) electrons. The van der Waals surface area contributed by atoms with Gasteiger partial charge in [0.1, 0.15) is 18.5 Å². The summed E-state index contributed by atoms with van der Waals surface area (Å²) in [6, 6.07) is 10.2. The maximum absolute atomic E-state index is 9.94. The van der Waals surface area contributed by atoms with Crippen molar-refractivity contribution in [2.45, 2.75) is 44.8 Å². The van der Waals surface area contributed by atoms with Gasteiger partial charge in [0.15, 0.2) is 0 Å². The molecule has 1 aliphatic rings. The van der Waals surface area contributed by atoms with Crippen LogP contribution in [-0.2, 0) is 0 Å². The summed E-state index contributed by atoms with van der Waals surface area (Å²) in [6.45, 7) is 3.25. The fraction of sp³-hybridized carbons (Fsp3) is 0.625. The molecule has 19 heavy (non-hydrogen) atoms. The van der Waals surface area contributed by atoms with E-state index in [9.17, 15) is 5.11 Å². The molecule has 0 spiro atoms. The average molecular weight is 263 g/mol. The van der Waals surface area contributed by atoms with Gasteiger partial charge in [-0.3, -0.25) is 0 Å². The topological polar surface area (TPSA) is 41.5 Å². The first-order chi connectivity index (χ1) is 9.25. The first-order valence-electron chi connectivity index (χ1n) is 7.35. The number of nitrogens with one attached hydrogen (secondary N) is 1. The summed E-state index contributed by atoms with van der Waals surface area (Å²) in [6.07, 6.45) is 4.73. The van der Waals surface area contributed by atoms with E-state index in [4.69, 9.17) is 4.74 Å². The van der Waals surface area contributed by atoms with Crippen LogP contribution in [0, 0.1) is 5.92 Å². The number of rotatable bonds is 6. The van der Waals surface area contributed by atoms with E-state index in [-0.39, 0.29) is 0 Å². The zero-order chi connectivity index (χ0) is 13.5. The van der Waals surface area contributed by atoms with Crippen molar-refractivity contribution >= 4 is 0 Å². The molecule has 0 bridgehead atoms. The molecule has 0 saturated heterocycles. The van der Waals surface area contributed by atoms with E-state index in [1.807, 2.05) is 30.3 Å². The number of para-hydroxylation sites is 1. The van der Waals surface area contributed by atoms with E-state index >= 15 is 0 Å². The highest BCUT2D eigenvalue weighted by Gasteiger charge is 2.21. The Bertz CT molecular complexity index is 355. The van der Waals surface area contributed by atoms with Crippen LogP contribution in [0.2, 0.25) is 0 Å². The van der Waals surface area contributed by atoms with Gasteiger partial charge in [-0.1, -0.05) is 38.0 Å². The minimum Gasteiger partial charge on any atom is -0.491 e. The van der Waals surface area contributed by atoms with E-state index < -0.39 is 6.10 Å². The second-order valence-corrected chi connectivity index (χ2v) is 5.55. The Kier molecular flexibility index (Phi) is 5.67. The van der Waals surface area contributed by atoms with Crippen molar-refractivity contribution in [3.8, 4) is 5.75 Å².